The van der Waals surface area contributed by atoms with Crippen molar-refractivity contribution in [1.29, 1.82) is 0 Å². The van der Waals surface area contributed by atoms with Gasteiger partial charge in [-0.1, -0.05) is 13.5 Å². The number of hydrogen-bond acceptors (Lipinski definition) is 5. The van der Waals surface area contributed by atoms with Gasteiger partial charge in [0.25, 0.3) is 0 Å². The van der Waals surface area contributed by atoms with Gasteiger partial charge in [-0.15, -0.1) is 0 Å². The summed E-state index contributed by atoms with van der Waals surface area (Å²) < 4.78 is 5.21. The summed E-state index contributed by atoms with van der Waals surface area (Å²) in [7, 11) is 1.75. The number of rotatable bonds is 11. The SMILES string of the molecule is C=C(NC=NC(C)=NC1CCC(NC(C)COC)CC1)c1cc(NCC2(C)CC2)ccn1. The number of aliphatic imine (C=N–C) groups is 2. The summed E-state index contributed by atoms with van der Waals surface area (Å²) in [5, 5.41) is 10.3. The molecule has 1 atom stereocenters. The van der Waals surface area contributed by atoms with Crippen LogP contribution >= 0.6 is 0 Å². The Morgan fingerprint density at radius 1 is 1.34 bits per heavy atom. The van der Waals surface area contributed by atoms with Crippen molar-refractivity contribution in [2.24, 2.45) is 15.4 Å². The van der Waals surface area contributed by atoms with Gasteiger partial charge in [0.05, 0.1) is 30.4 Å². The van der Waals surface area contributed by atoms with Gasteiger partial charge in [0, 0.05) is 37.6 Å². The fourth-order valence-corrected chi connectivity index (χ4v) is 4.06. The highest BCUT2D eigenvalue weighted by atomic mass is 16.5. The van der Waals surface area contributed by atoms with Gasteiger partial charge in [0.1, 0.15) is 5.84 Å². The number of pyridine rings is 1. The predicted molar refractivity (Wildman–Crippen MR) is 134 cm³/mol. The Kier molecular flexibility index (Phi) is 8.82. The smallest absolute Gasteiger partial charge is 0.122 e. The van der Waals surface area contributed by atoms with Crippen molar-refractivity contribution in [3.63, 3.8) is 0 Å². The van der Waals surface area contributed by atoms with Crippen LogP contribution in [0.3, 0.4) is 0 Å². The van der Waals surface area contributed by atoms with Gasteiger partial charge in [-0.05, 0) is 69.9 Å². The molecule has 0 amide bonds. The summed E-state index contributed by atoms with van der Waals surface area (Å²) in [6, 6.07) is 5.32. The number of hydrogen-bond donors (Lipinski definition) is 3. The molecular formula is C25H40N6O. The van der Waals surface area contributed by atoms with E-state index in [1.165, 1.54) is 12.8 Å². The van der Waals surface area contributed by atoms with E-state index < -0.39 is 0 Å². The van der Waals surface area contributed by atoms with Crippen LogP contribution in [-0.2, 0) is 4.74 Å². The van der Waals surface area contributed by atoms with E-state index >= 15 is 0 Å². The summed E-state index contributed by atoms with van der Waals surface area (Å²) >= 11 is 0. The maximum atomic E-state index is 5.21. The first-order valence-corrected chi connectivity index (χ1v) is 11.8. The number of amidine groups is 1. The Bertz CT molecular complexity index is 808. The van der Waals surface area contributed by atoms with Crippen LogP contribution in [0.25, 0.3) is 5.70 Å². The molecule has 1 heterocycles. The molecule has 3 rings (SSSR count). The molecule has 32 heavy (non-hydrogen) atoms. The Balaban J connectivity index is 1.41. The van der Waals surface area contributed by atoms with E-state index in [0.29, 0.717) is 23.5 Å². The fraction of sp³-hybridized carbons (Fsp3) is 0.640. The second-order valence-electron chi connectivity index (χ2n) is 9.68. The number of methoxy groups -OCH3 is 1. The van der Waals surface area contributed by atoms with Gasteiger partial charge in [0.15, 0.2) is 0 Å². The molecule has 0 saturated heterocycles. The Morgan fingerprint density at radius 2 is 2.09 bits per heavy atom. The van der Waals surface area contributed by atoms with Crippen molar-refractivity contribution >= 4 is 23.6 Å². The monoisotopic (exact) mass is 440 g/mol. The molecule has 1 unspecified atom stereocenters. The summed E-state index contributed by atoms with van der Waals surface area (Å²) in [5.41, 5.74) is 3.06. The Morgan fingerprint density at radius 3 is 2.78 bits per heavy atom. The minimum Gasteiger partial charge on any atom is -0.384 e. The molecular weight excluding hydrogens is 400 g/mol. The van der Waals surface area contributed by atoms with Crippen molar-refractivity contribution in [3.05, 3.63) is 30.6 Å². The van der Waals surface area contributed by atoms with E-state index in [4.69, 9.17) is 9.73 Å². The highest BCUT2D eigenvalue weighted by Crippen LogP contribution is 2.44. The third-order valence-corrected chi connectivity index (χ3v) is 6.39. The molecule has 0 bridgehead atoms. The van der Waals surface area contributed by atoms with Crippen molar-refractivity contribution < 1.29 is 4.74 Å². The van der Waals surface area contributed by atoms with Gasteiger partial charge >= 0.3 is 0 Å². The topological polar surface area (TPSA) is 82.9 Å². The van der Waals surface area contributed by atoms with Crippen LogP contribution in [-0.4, -0.2) is 55.5 Å². The van der Waals surface area contributed by atoms with Crippen LogP contribution in [0.4, 0.5) is 5.69 Å². The number of ether oxygens (including phenoxy) is 1. The lowest BCUT2D eigenvalue weighted by molar-refractivity contribution is 0.161. The summed E-state index contributed by atoms with van der Waals surface area (Å²) in [6.07, 6.45) is 10.5. The molecule has 7 nitrogen and oxygen atoms in total. The van der Waals surface area contributed by atoms with Gasteiger partial charge in [0.2, 0.25) is 0 Å². The van der Waals surface area contributed by atoms with Crippen LogP contribution in [0.2, 0.25) is 0 Å². The van der Waals surface area contributed by atoms with E-state index in [0.717, 1.165) is 61.7 Å². The third kappa shape index (κ3) is 8.02. The lowest BCUT2D eigenvalue weighted by Crippen LogP contribution is -2.41. The average molecular weight is 441 g/mol. The maximum absolute atomic E-state index is 5.21. The van der Waals surface area contributed by atoms with E-state index in [1.54, 1.807) is 13.4 Å². The molecule has 1 aromatic rings. The second kappa shape index (κ2) is 11.6. The van der Waals surface area contributed by atoms with Gasteiger partial charge in [-0.3, -0.25) is 9.98 Å². The summed E-state index contributed by atoms with van der Waals surface area (Å²) in [6.45, 7) is 12.3. The standard InChI is InChI=1S/C25H40N6O/c1-18(15-32-5)30-21-6-8-22(9-7-21)31-20(3)29-17-28-19(2)24-14-23(10-13-26-24)27-16-25(4)11-12-25/h10,13-14,17-18,21-22,30H,2,6-9,11-12,15-16H2,1,3-5H3,(H,26,27)(H,28,29,31). The lowest BCUT2D eigenvalue weighted by atomic mass is 9.91. The maximum Gasteiger partial charge on any atom is 0.122 e. The molecule has 0 spiro atoms. The zero-order valence-corrected chi connectivity index (χ0v) is 20.2. The van der Waals surface area contributed by atoms with Crippen molar-refractivity contribution in [2.75, 3.05) is 25.6 Å². The molecule has 176 valence electrons. The number of anilines is 1. The van der Waals surface area contributed by atoms with Gasteiger partial charge in [-0.2, -0.15) is 0 Å². The second-order valence-corrected chi connectivity index (χ2v) is 9.68. The molecule has 0 aliphatic heterocycles. The Labute approximate surface area is 193 Å². The van der Waals surface area contributed by atoms with Crippen LogP contribution < -0.4 is 16.0 Å². The van der Waals surface area contributed by atoms with Crippen LogP contribution in [0, 0.1) is 5.41 Å². The van der Waals surface area contributed by atoms with Crippen LogP contribution in [0.5, 0.6) is 0 Å². The van der Waals surface area contributed by atoms with E-state index in [1.807, 2.05) is 25.3 Å². The molecule has 1 aromatic heterocycles. The first kappa shape index (κ1) is 24.4. The number of aromatic nitrogens is 1. The zero-order valence-electron chi connectivity index (χ0n) is 20.2. The average Bonchev–Trinajstić information content (AvgIpc) is 3.51. The fourth-order valence-electron chi connectivity index (χ4n) is 4.06. The van der Waals surface area contributed by atoms with Crippen LogP contribution in [0.15, 0.2) is 34.9 Å². The van der Waals surface area contributed by atoms with E-state index in [-0.39, 0.29) is 0 Å². The molecule has 2 aliphatic carbocycles. The minimum absolute atomic E-state index is 0.351. The van der Waals surface area contributed by atoms with E-state index in [9.17, 15) is 0 Å². The molecule has 2 aliphatic rings. The summed E-state index contributed by atoms with van der Waals surface area (Å²) in [5.74, 6) is 0.788. The highest BCUT2D eigenvalue weighted by molar-refractivity contribution is 5.89. The zero-order chi connectivity index (χ0) is 23.0. The normalized spacial score (nSPS) is 23.7. The lowest BCUT2D eigenvalue weighted by Gasteiger charge is -2.29. The van der Waals surface area contributed by atoms with Gasteiger partial charge in [-0.25, -0.2) is 4.99 Å². The van der Waals surface area contributed by atoms with Crippen molar-refractivity contribution in [1.82, 2.24) is 15.6 Å². The van der Waals surface area contributed by atoms with Crippen LogP contribution in [0.1, 0.15) is 65.0 Å². The third-order valence-electron chi connectivity index (χ3n) is 6.39. The van der Waals surface area contributed by atoms with E-state index in [2.05, 4.69) is 46.4 Å². The van der Waals surface area contributed by atoms with Gasteiger partial charge < -0.3 is 20.7 Å². The molecule has 3 N–H and O–H groups in total. The van der Waals surface area contributed by atoms with Crippen molar-refractivity contribution in [3.8, 4) is 0 Å². The Hall–Kier alpha value is -2.25. The summed E-state index contributed by atoms with van der Waals surface area (Å²) in [4.78, 5) is 13.7. The molecule has 2 fully saturated rings. The molecule has 2 saturated carbocycles. The first-order chi connectivity index (χ1) is 15.4. The molecule has 0 radical (unpaired) electrons. The number of nitrogens with zero attached hydrogens (tertiary/aromatic N) is 3. The predicted octanol–water partition coefficient (Wildman–Crippen LogP) is 4.24. The molecule has 0 aromatic carbocycles. The largest absolute Gasteiger partial charge is 0.384 e. The number of nitrogens with one attached hydrogen (secondary N) is 3. The minimum atomic E-state index is 0.351. The van der Waals surface area contributed by atoms with Crippen molar-refractivity contribution in [2.45, 2.75) is 77.4 Å². The highest BCUT2D eigenvalue weighted by Gasteiger charge is 2.36. The quantitative estimate of drug-likeness (QED) is 0.354. The first-order valence-electron chi connectivity index (χ1n) is 11.8. The molecule has 7 heteroatoms.